The monoisotopic (exact) mass is 378 g/mol. The Labute approximate surface area is 154 Å². The molecule has 1 N–H and O–H groups in total. The number of nitrogens with one attached hydrogen (secondary N) is 1. The lowest BCUT2D eigenvalue weighted by Gasteiger charge is -2.17. The topological polar surface area (TPSA) is 49.4 Å². The van der Waals surface area contributed by atoms with E-state index in [1.165, 1.54) is 30.3 Å². The molecule has 1 fully saturated rings. The SMILES string of the molecule is O=C(NCC1CC(=O)N(Cc2ccc(F)cc2)C1)c1c(F)cccc1Cl. The molecule has 0 bridgehead atoms. The fraction of sp³-hybridized carbons (Fsp3) is 0.263. The van der Waals surface area contributed by atoms with Crippen LogP contribution in [0, 0.1) is 17.6 Å². The molecule has 7 heteroatoms. The van der Waals surface area contributed by atoms with Gasteiger partial charge in [-0.15, -0.1) is 0 Å². The van der Waals surface area contributed by atoms with Crippen LogP contribution in [0.25, 0.3) is 0 Å². The number of amides is 2. The molecule has 2 amide bonds. The Balaban J connectivity index is 1.56. The van der Waals surface area contributed by atoms with Gasteiger partial charge in [0.05, 0.1) is 10.6 Å². The molecule has 1 atom stereocenters. The highest BCUT2D eigenvalue weighted by Crippen LogP contribution is 2.21. The molecule has 0 aromatic heterocycles. The second-order valence-corrected chi connectivity index (χ2v) is 6.68. The summed E-state index contributed by atoms with van der Waals surface area (Å²) in [5.74, 6) is -1.71. The van der Waals surface area contributed by atoms with Crippen molar-refractivity contribution in [1.82, 2.24) is 10.2 Å². The van der Waals surface area contributed by atoms with Crippen molar-refractivity contribution in [3.63, 3.8) is 0 Å². The van der Waals surface area contributed by atoms with Gasteiger partial charge in [-0.05, 0) is 29.8 Å². The van der Waals surface area contributed by atoms with Crippen LogP contribution in [0.3, 0.4) is 0 Å². The quantitative estimate of drug-likeness (QED) is 0.867. The predicted molar refractivity (Wildman–Crippen MR) is 93.7 cm³/mol. The van der Waals surface area contributed by atoms with Crippen LogP contribution in [-0.2, 0) is 11.3 Å². The molecule has 1 saturated heterocycles. The molecular weight excluding hydrogens is 362 g/mol. The fourth-order valence-corrected chi connectivity index (χ4v) is 3.24. The van der Waals surface area contributed by atoms with Gasteiger partial charge in [0.15, 0.2) is 0 Å². The predicted octanol–water partition coefficient (Wildman–Crippen LogP) is 3.40. The van der Waals surface area contributed by atoms with Crippen molar-refractivity contribution >= 4 is 23.4 Å². The van der Waals surface area contributed by atoms with Crippen LogP contribution in [-0.4, -0.2) is 29.8 Å². The molecule has 3 rings (SSSR count). The van der Waals surface area contributed by atoms with Crippen molar-refractivity contribution in [2.75, 3.05) is 13.1 Å². The maximum absolute atomic E-state index is 13.8. The zero-order chi connectivity index (χ0) is 18.7. The minimum absolute atomic E-state index is 0.0301. The number of carbonyl (C=O) groups excluding carboxylic acids is 2. The minimum Gasteiger partial charge on any atom is -0.352 e. The summed E-state index contributed by atoms with van der Waals surface area (Å²) in [6, 6.07) is 10.0. The van der Waals surface area contributed by atoms with E-state index in [9.17, 15) is 18.4 Å². The average Bonchev–Trinajstić information content (AvgIpc) is 2.95. The number of rotatable bonds is 5. The van der Waals surface area contributed by atoms with Gasteiger partial charge in [0.1, 0.15) is 11.6 Å². The first-order valence-electron chi connectivity index (χ1n) is 8.18. The zero-order valence-electron chi connectivity index (χ0n) is 13.8. The highest BCUT2D eigenvalue weighted by molar-refractivity contribution is 6.33. The number of halogens is 3. The Hall–Kier alpha value is -2.47. The Morgan fingerprint density at radius 2 is 1.92 bits per heavy atom. The summed E-state index contributed by atoms with van der Waals surface area (Å²) in [6.45, 7) is 1.11. The van der Waals surface area contributed by atoms with Gasteiger partial charge in [-0.1, -0.05) is 29.8 Å². The fourth-order valence-electron chi connectivity index (χ4n) is 2.99. The summed E-state index contributed by atoms with van der Waals surface area (Å²) in [6.07, 6.45) is 0.298. The zero-order valence-corrected chi connectivity index (χ0v) is 14.6. The van der Waals surface area contributed by atoms with E-state index in [4.69, 9.17) is 11.6 Å². The summed E-state index contributed by atoms with van der Waals surface area (Å²) in [4.78, 5) is 26.0. The third-order valence-corrected chi connectivity index (χ3v) is 4.64. The molecule has 4 nitrogen and oxygen atoms in total. The molecule has 1 aliphatic rings. The van der Waals surface area contributed by atoms with Crippen LogP contribution in [0.2, 0.25) is 5.02 Å². The van der Waals surface area contributed by atoms with Gasteiger partial charge in [-0.25, -0.2) is 8.78 Å². The molecule has 1 aliphatic heterocycles. The van der Waals surface area contributed by atoms with E-state index in [1.807, 2.05) is 0 Å². The van der Waals surface area contributed by atoms with Crippen LogP contribution in [0.15, 0.2) is 42.5 Å². The number of nitrogens with zero attached hydrogens (tertiary/aromatic N) is 1. The Morgan fingerprint density at radius 3 is 2.62 bits per heavy atom. The number of hydrogen-bond donors (Lipinski definition) is 1. The largest absolute Gasteiger partial charge is 0.352 e. The molecule has 2 aromatic rings. The van der Waals surface area contributed by atoms with E-state index in [1.54, 1.807) is 17.0 Å². The molecule has 0 aliphatic carbocycles. The van der Waals surface area contributed by atoms with Gasteiger partial charge in [0.2, 0.25) is 5.91 Å². The van der Waals surface area contributed by atoms with E-state index in [0.717, 1.165) is 5.56 Å². The lowest BCUT2D eigenvalue weighted by Crippen LogP contribution is -2.31. The number of carbonyl (C=O) groups is 2. The summed E-state index contributed by atoms with van der Waals surface area (Å²) in [5, 5.41) is 2.69. The van der Waals surface area contributed by atoms with Crippen molar-refractivity contribution in [3.8, 4) is 0 Å². The third-order valence-electron chi connectivity index (χ3n) is 4.32. The van der Waals surface area contributed by atoms with Gasteiger partial charge in [-0.3, -0.25) is 9.59 Å². The first kappa shape index (κ1) is 18.3. The maximum Gasteiger partial charge on any atom is 0.255 e. The average molecular weight is 379 g/mol. The number of likely N-dealkylation sites (tertiary alicyclic amines) is 1. The van der Waals surface area contributed by atoms with Crippen LogP contribution in [0.1, 0.15) is 22.3 Å². The van der Waals surface area contributed by atoms with Crippen molar-refractivity contribution in [3.05, 3.63) is 70.2 Å². The molecule has 2 aromatic carbocycles. The summed E-state index contributed by atoms with van der Waals surface area (Å²) < 4.78 is 26.7. The molecule has 0 spiro atoms. The normalized spacial score (nSPS) is 16.8. The van der Waals surface area contributed by atoms with Crippen molar-refractivity contribution in [2.24, 2.45) is 5.92 Å². The van der Waals surface area contributed by atoms with Crippen molar-refractivity contribution in [1.29, 1.82) is 0 Å². The Morgan fingerprint density at radius 1 is 1.19 bits per heavy atom. The van der Waals surface area contributed by atoms with Gasteiger partial charge in [0, 0.05) is 32.0 Å². The van der Waals surface area contributed by atoms with Gasteiger partial charge in [0.25, 0.3) is 5.91 Å². The molecular formula is C19H17ClF2N2O2. The maximum atomic E-state index is 13.8. The van der Waals surface area contributed by atoms with Gasteiger partial charge >= 0.3 is 0 Å². The first-order valence-corrected chi connectivity index (χ1v) is 8.56. The lowest BCUT2D eigenvalue weighted by atomic mass is 10.1. The Bertz CT molecular complexity index is 807. The molecule has 1 heterocycles. The second kappa shape index (κ2) is 7.83. The standard InChI is InChI=1S/C19H17ClF2N2O2/c20-15-2-1-3-16(22)18(15)19(26)23-9-13-8-17(25)24(11-13)10-12-4-6-14(21)7-5-12/h1-7,13H,8-11H2,(H,23,26). The summed E-state index contributed by atoms with van der Waals surface area (Å²) in [7, 11) is 0. The molecule has 0 radical (unpaired) electrons. The molecule has 1 unspecified atom stereocenters. The Kier molecular flexibility index (Phi) is 5.52. The lowest BCUT2D eigenvalue weighted by molar-refractivity contribution is -0.128. The van der Waals surface area contributed by atoms with Crippen LogP contribution in [0.4, 0.5) is 8.78 Å². The number of hydrogen-bond acceptors (Lipinski definition) is 2. The van der Waals surface area contributed by atoms with Crippen LogP contribution in [0.5, 0.6) is 0 Å². The molecule has 0 saturated carbocycles. The summed E-state index contributed by atoms with van der Waals surface area (Å²) >= 11 is 5.88. The number of benzene rings is 2. The smallest absolute Gasteiger partial charge is 0.255 e. The van der Waals surface area contributed by atoms with E-state index >= 15 is 0 Å². The highest BCUT2D eigenvalue weighted by atomic mass is 35.5. The molecule has 26 heavy (non-hydrogen) atoms. The van der Waals surface area contributed by atoms with E-state index in [2.05, 4.69) is 5.32 Å². The minimum atomic E-state index is -0.685. The van der Waals surface area contributed by atoms with Crippen molar-refractivity contribution < 1.29 is 18.4 Å². The van der Waals surface area contributed by atoms with Crippen molar-refractivity contribution in [2.45, 2.75) is 13.0 Å². The second-order valence-electron chi connectivity index (χ2n) is 6.28. The highest BCUT2D eigenvalue weighted by Gasteiger charge is 2.30. The van der Waals surface area contributed by atoms with Gasteiger partial charge < -0.3 is 10.2 Å². The van der Waals surface area contributed by atoms with Crippen LogP contribution < -0.4 is 5.32 Å². The van der Waals surface area contributed by atoms with E-state index in [-0.39, 0.29) is 34.8 Å². The van der Waals surface area contributed by atoms with E-state index in [0.29, 0.717) is 19.5 Å². The third kappa shape index (κ3) is 4.19. The van der Waals surface area contributed by atoms with Crippen LogP contribution >= 0.6 is 11.6 Å². The summed E-state index contributed by atoms with van der Waals surface area (Å²) in [5.41, 5.74) is 0.643. The van der Waals surface area contributed by atoms with E-state index < -0.39 is 11.7 Å². The molecule has 136 valence electrons. The van der Waals surface area contributed by atoms with Gasteiger partial charge in [-0.2, -0.15) is 0 Å². The first-order chi connectivity index (χ1) is 12.4.